The van der Waals surface area contributed by atoms with Crippen LogP contribution in [0.1, 0.15) is 28.3 Å². The molecule has 2 aromatic heterocycles. The first-order chi connectivity index (χ1) is 10.0. The molecular weight excluding hydrogens is 312 g/mol. The van der Waals surface area contributed by atoms with Crippen LogP contribution >= 0.6 is 11.3 Å². The molecular formula is C13H14N2O4S2. The average Bonchev–Trinajstić information content (AvgIpc) is 2.99. The molecule has 2 N–H and O–H groups in total. The molecule has 21 heavy (non-hydrogen) atoms. The van der Waals surface area contributed by atoms with Crippen LogP contribution in [0.25, 0.3) is 0 Å². The lowest BCUT2D eigenvalue weighted by Gasteiger charge is -2.02. The number of sulfonamides is 1. The fourth-order valence-corrected chi connectivity index (χ4v) is 3.39. The zero-order valence-electron chi connectivity index (χ0n) is 11.0. The van der Waals surface area contributed by atoms with E-state index in [0.717, 1.165) is 17.7 Å². The molecule has 1 fully saturated rings. The van der Waals surface area contributed by atoms with E-state index in [4.69, 9.17) is 4.42 Å². The molecule has 0 saturated heterocycles. The zero-order valence-corrected chi connectivity index (χ0v) is 12.7. The lowest BCUT2D eigenvalue weighted by molar-refractivity contribution is 0.0918. The number of carbonyl (C=O) groups is 1. The maximum absolute atomic E-state index is 12.1. The van der Waals surface area contributed by atoms with Crippen molar-refractivity contribution in [1.29, 1.82) is 0 Å². The number of hydrogen-bond acceptors (Lipinski definition) is 5. The Hall–Kier alpha value is -1.64. The molecule has 0 aliphatic heterocycles. The van der Waals surface area contributed by atoms with Crippen LogP contribution in [0.5, 0.6) is 0 Å². The molecule has 0 aromatic carbocycles. The minimum absolute atomic E-state index is 0.0124. The van der Waals surface area contributed by atoms with Crippen molar-refractivity contribution in [2.45, 2.75) is 30.5 Å². The molecule has 0 unspecified atom stereocenters. The molecule has 0 radical (unpaired) electrons. The summed E-state index contributed by atoms with van der Waals surface area (Å²) in [5.41, 5.74) is 0. The quantitative estimate of drug-likeness (QED) is 0.846. The average molecular weight is 326 g/mol. The first-order valence-corrected chi connectivity index (χ1v) is 8.83. The highest BCUT2D eigenvalue weighted by molar-refractivity contribution is 7.89. The fraction of sp³-hybridized carbons (Fsp3) is 0.308. The molecule has 0 atom stereocenters. The topological polar surface area (TPSA) is 88.4 Å². The Balaban J connectivity index is 1.67. The van der Waals surface area contributed by atoms with Crippen LogP contribution in [0.2, 0.25) is 0 Å². The molecule has 1 saturated carbocycles. The Morgan fingerprint density at radius 1 is 1.33 bits per heavy atom. The van der Waals surface area contributed by atoms with Crippen molar-refractivity contribution in [3.63, 3.8) is 0 Å². The standard InChI is InChI=1S/C13H14N2O4S2/c16-13(15-9-3-4-9)11-5-6-12(19-11)21(17,18)14-8-10-2-1-7-20-10/h1-2,5-7,9,14H,3-4,8H2,(H,15,16). The Kier molecular flexibility index (Phi) is 3.83. The maximum Gasteiger partial charge on any atom is 0.287 e. The normalized spacial score (nSPS) is 15.0. The predicted molar refractivity (Wildman–Crippen MR) is 77.5 cm³/mol. The van der Waals surface area contributed by atoms with Crippen molar-refractivity contribution in [1.82, 2.24) is 10.0 Å². The summed E-state index contributed by atoms with van der Waals surface area (Å²) < 4.78 is 31.7. The fourth-order valence-electron chi connectivity index (χ4n) is 1.72. The summed E-state index contributed by atoms with van der Waals surface area (Å²) in [5.74, 6) is -0.365. The highest BCUT2D eigenvalue weighted by atomic mass is 32.2. The van der Waals surface area contributed by atoms with Gasteiger partial charge in [0, 0.05) is 17.5 Å². The Bertz CT molecular complexity index is 730. The molecule has 0 bridgehead atoms. The lowest BCUT2D eigenvalue weighted by atomic mass is 10.4. The molecule has 1 amide bonds. The molecule has 112 valence electrons. The van der Waals surface area contributed by atoms with Crippen molar-refractivity contribution in [3.8, 4) is 0 Å². The van der Waals surface area contributed by atoms with E-state index in [2.05, 4.69) is 10.0 Å². The van der Waals surface area contributed by atoms with Gasteiger partial charge in [0.25, 0.3) is 15.9 Å². The molecule has 1 aliphatic carbocycles. The summed E-state index contributed by atoms with van der Waals surface area (Å²) in [7, 11) is -3.75. The Morgan fingerprint density at radius 3 is 2.81 bits per heavy atom. The minimum atomic E-state index is -3.75. The third-order valence-electron chi connectivity index (χ3n) is 3.00. The van der Waals surface area contributed by atoms with Crippen LogP contribution in [-0.4, -0.2) is 20.4 Å². The highest BCUT2D eigenvalue weighted by Crippen LogP contribution is 2.20. The van der Waals surface area contributed by atoms with Crippen LogP contribution < -0.4 is 10.0 Å². The van der Waals surface area contributed by atoms with E-state index in [0.29, 0.717) is 0 Å². The Morgan fingerprint density at radius 2 is 2.14 bits per heavy atom. The highest BCUT2D eigenvalue weighted by Gasteiger charge is 2.26. The van der Waals surface area contributed by atoms with Gasteiger partial charge >= 0.3 is 0 Å². The van der Waals surface area contributed by atoms with Crippen LogP contribution in [0.4, 0.5) is 0 Å². The number of nitrogens with one attached hydrogen (secondary N) is 2. The van der Waals surface area contributed by atoms with Gasteiger partial charge in [0.15, 0.2) is 5.76 Å². The summed E-state index contributed by atoms with van der Waals surface area (Å²) in [6.45, 7) is 0.199. The summed E-state index contributed by atoms with van der Waals surface area (Å²) in [6, 6.07) is 6.54. The van der Waals surface area contributed by atoms with Crippen molar-refractivity contribution in [3.05, 3.63) is 40.3 Å². The van der Waals surface area contributed by atoms with E-state index >= 15 is 0 Å². The monoisotopic (exact) mass is 326 g/mol. The van der Waals surface area contributed by atoms with Gasteiger partial charge in [0.2, 0.25) is 5.09 Å². The van der Waals surface area contributed by atoms with Crippen molar-refractivity contribution in [2.24, 2.45) is 0 Å². The smallest absolute Gasteiger partial charge is 0.287 e. The number of hydrogen-bond donors (Lipinski definition) is 2. The van der Waals surface area contributed by atoms with E-state index in [1.807, 2.05) is 17.5 Å². The van der Waals surface area contributed by atoms with E-state index in [1.165, 1.54) is 23.5 Å². The molecule has 2 heterocycles. The van der Waals surface area contributed by atoms with Crippen LogP contribution in [0.15, 0.2) is 39.2 Å². The van der Waals surface area contributed by atoms with Crippen LogP contribution in [0.3, 0.4) is 0 Å². The van der Waals surface area contributed by atoms with E-state index in [1.54, 1.807) is 0 Å². The summed E-state index contributed by atoms with van der Waals surface area (Å²) >= 11 is 1.46. The lowest BCUT2D eigenvalue weighted by Crippen LogP contribution is -2.25. The molecule has 3 rings (SSSR count). The molecule has 2 aromatic rings. The third kappa shape index (κ3) is 3.52. The molecule has 1 aliphatic rings. The second-order valence-corrected chi connectivity index (χ2v) is 7.50. The predicted octanol–water partition coefficient (Wildman–Crippen LogP) is 1.71. The zero-order chi connectivity index (χ0) is 14.9. The summed E-state index contributed by atoms with van der Waals surface area (Å²) in [4.78, 5) is 12.7. The first kappa shape index (κ1) is 14.3. The van der Waals surface area contributed by atoms with Gasteiger partial charge in [0.1, 0.15) is 0 Å². The largest absolute Gasteiger partial charge is 0.438 e. The van der Waals surface area contributed by atoms with Crippen LogP contribution in [0, 0.1) is 0 Å². The van der Waals surface area contributed by atoms with Gasteiger partial charge in [-0.05, 0) is 36.4 Å². The van der Waals surface area contributed by atoms with Crippen molar-refractivity contribution >= 4 is 27.3 Å². The summed E-state index contributed by atoms with van der Waals surface area (Å²) in [5, 5.41) is 4.36. The second kappa shape index (κ2) is 5.63. The van der Waals surface area contributed by atoms with Crippen molar-refractivity contribution in [2.75, 3.05) is 0 Å². The molecule has 6 nitrogen and oxygen atoms in total. The number of carbonyl (C=O) groups excluding carboxylic acids is 1. The maximum atomic E-state index is 12.1. The van der Waals surface area contributed by atoms with Gasteiger partial charge in [0.05, 0.1) is 0 Å². The van der Waals surface area contributed by atoms with Gasteiger partial charge in [-0.25, -0.2) is 13.1 Å². The SMILES string of the molecule is O=C(NC1CC1)c1ccc(S(=O)(=O)NCc2cccs2)o1. The first-order valence-electron chi connectivity index (χ1n) is 6.47. The van der Waals surface area contributed by atoms with Gasteiger partial charge < -0.3 is 9.73 Å². The van der Waals surface area contributed by atoms with Gasteiger partial charge in [-0.2, -0.15) is 0 Å². The van der Waals surface area contributed by atoms with Crippen LogP contribution in [-0.2, 0) is 16.6 Å². The number of rotatable bonds is 6. The Labute approximate surface area is 126 Å². The number of thiophene rings is 1. The third-order valence-corrected chi connectivity index (χ3v) is 5.15. The van der Waals surface area contributed by atoms with Crippen molar-refractivity contribution < 1.29 is 17.6 Å². The van der Waals surface area contributed by atoms with Gasteiger partial charge in [-0.1, -0.05) is 6.07 Å². The number of furan rings is 1. The van der Waals surface area contributed by atoms with Gasteiger partial charge in [-0.3, -0.25) is 4.79 Å². The van der Waals surface area contributed by atoms with Gasteiger partial charge in [-0.15, -0.1) is 11.3 Å². The molecule has 0 spiro atoms. The second-order valence-electron chi connectivity index (χ2n) is 4.77. The van der Waals surface area contributed by atoms with E-state index in [-0.39, 0.29) is 29.3 Å². The number of amides is 1. The molecule has 8 heteroatoms. The van der Waals surface area contributed by atoms with E-state index < -0.39 is 10.0 Å². The summed E-state index contributed by atoms with van der Waals surface area (Å²) in [6.07, 6.45) is 1.92. The minimum Gasteiger partial charge on any atom is -0.438 e. The van der Waals surface area contributed by atoms with E-state index in [9.17, 15) is 13.2 Å².